The van der Waals surface area contributed by atoms with Crippen molar-refractivity contribution in [2.75, 3.05) is 27.4 Å². The van der Waals surface area contributed by atoms with Crippen molar-refractivity contribution in [3.05, 3.63) is 0 Å². The highest BCUT2D eigenvalue weighted by Gasteiger charge is 2.62. The molecule has 1 atom stereocenters. The van der Waals surface area contributed by atoms with Crippen molar-refractivity contribution >= 4 is 15.4 Å². The van der Waals surface area contributed by atoms with Gasteiger partial charge in [-0.05, 0) is 26.7 Å². The van der Waals surface area contributed by atoms with Gasteiger partial charge in [-0.15, -0.1) is 0 Å². The molecule has 0 aliphatic heterocycles. The molecule has 0 aromatic heterocycles. The highest BCUT2D eigenvalue weighted by Crippen LogP contribution is 2.70. The number of phosphoric acid groups is 1. The van der Waals surface area contributed by atoms with Crippen LogP contribution in [0.1, 0.15) is 46.0 Å². The van der Waals surface area contributed by atoms with Gasteiger partial charge in [-0.3, -0.25) is 18.1 Å². The van der Waals surface area contributed by atoms with Crippen molar-refractivity contribution in [1.82, 2.24) is 0 Å². The largest absolute Gasteiger partial charge is 0.476 e. The van der Waals surface area contributed by atoms with Gasteiger partial charge in [0.15, 0.2) is 0 Å². The first-order valence-corrected chi connectivity index (χ1v) is 11.1. The first-order valence-electron chi connectivity index (χ1n) is 8.09. The Balaban J connectivity index is 3.44. The van der Waals surface area contributed by atoms with Crippen LogP contribution in [-0.2, 0) is 31.7 Å². The molecule has 1 fully saturated rings. The maximum absolute atomic E-state index is 13.5. The van der Waals surface area contributed by atoms with E-state index in [0.29, 0.717) is 12.8 Å². The first kappa shape index (κ1) is 21.8. The van der Waals surface area contributed by atoms with E-state index in [0.717, 1.165) is 33.5 Å². The summed E-state index contributed by atoms with van der Waals surface area (Å²) in [5.41, 5.74) is 0. The third-order valence-electron chi connectivity index (χ3n) is 4.02. The van der Waals surface area contributed by atoms with Gasteiger partial charge in [0, 0.05) is 20.1 Å². The van der Waals surface area contributed by atoms with Crippen LogP contribution >= 0.6 is 15.4 Å². The smallest absolute Gasteiger partial charge is 0.306 e. The Labute approximate surface area is 143 Å². The fourth-order valence-electron chi connectivity index (χ4n) is 2.90. The maximum atomic E-state index is 13.5. The molecule has 0 bridgehead atoms. The van der Waals surface area contributed by atoms with Gasteiger partial charge in [0.1, 0.15) is 6.07 Å². The molecule has 0 aromatic rings. The van der Waals surface area contributed by atoms with Crippen LogP contribution in [0, 0.1) is 17.2 Å². The molecule has 0 amide bonds. The Kier molecular flexibility index (Phi) is 8.58. The summed E-state index contributed by atoms with van der Waals surface area (Å²) in [6, 6.07) is 1.95. The van der Waals surface area contributed by atoms with Gasteiger partial charge >= 0.3 is 15.4 Å². The van der Waals surface area contributed by atoms with Crippen LogP contribution in [-0.4, -0.2) is 32.8 Å². The highest BCUT2D eigenvalue weighted by atomic mass is 31.2. The third kappa shape index (κ3) is 4.47. The molecule has 0 saturated heterocycles. The summed E-state index contributed by atoms with van der Waals surface area (Å²) in [5.74, 6) is -0.459. The minimum atomic E-state index is -4.08. The predicted molar refractivity (Wildman–Crippen MR) is 88.5 cm³/mol. The van der Waals surface area contributed by atoms with Crippen molar-refractivity contribution in [2.45, 2.75) is 51.3 Å². The average molecular weight is 383 g/mol. The second-order valence-electron chi connectivity index (χ2n) is 5.38. The van der Waals surface area contributed by atoms with Gasteiger partial charge in [-0.1, -0.05) is 19.3 Å². The van der Waals surface area contributed by atoms with E-state index in [9.17, 15) is 14.4 Å². The van der Waals surface area contributed by atoms with E-state index in [1.807, 2.05) is 6.07 Å². The van der Waals surface area contributed by atoms with Crippen molar-refractivity contribution in [3.63, 3.8) is 0 Å². The van der Waals surface area contributed by atoms with Crippen molar-refractivity contribution in [2.24, 2.45) is 5.92 Å². The van der Waals surface area contributed by atoms with E-state index >= 15 is 0 Å². The minimum absolute atomic E-state index is 0.0566. The van der Waals surface area contributed by atoms with E-state index in [1.54, 1.807) is 13.8 Å². The fraction of sp³-hybridized carbons (Fsp3) is 0.929. The van der Waals surface area contributed by atoms with Gasteiger partial charge in [0.25, 0.3) is 5.34 Å². The van der Waals surface area contributed by atoms with Crippen LogP contribution in [0.2, 0.25) is 0 Å². The molecule has 0 heterocycles. The molecule has 1 aliphatic rings. The highest BCUT2D eigenvalue weighted by molar-refractivity contribution is 7.57. The molecular weight excluding hydrogens is 356 g/mol. The molecule has 140 valence electrons. The van der Waals surface area contributed by atoms with Crippen LogP contribution in [0.5, 0.6) is 0 Å². The second kappa shape index (κ2) is 9.45. The summed E-state index contributed by atoms with van der Waals surface area (Å²) in [6.45, 7) is 3.39. The topological polar surface area (TPSA) is 104 Å². The van der Waals surface area contributed by atoms with Gasteiger partial charge in [0.05, 0.1) is 13.2 Å². The molecule has 1 saturated carbocycles. The van der Waals surface area contributed by atoms with Crippen LogP contribution < -0.4 is 0 Å². The number of hydrogen-bond acceptors (Lipinski definition) is 8. The lowest BCUT2D eigenvalue weighted by molar-refractivity contribution is 0.0299. The first-order chi connectivity index (χ1) is 11.4. The van der Waals surface area contributed by atoms with Crippen molar-refractivity contribution in [3.8, 4) is 6.07 Å². The molecule has 0 N–H and O–H groups in total. The molecule has 10 heteroatoms. The van der Waals surface area contributed by atoms with Gasteiger partial charge in [-0.2, -0.15) is 5.26 Å². The minimum Gasteiger partial charge on any atom is -0.306 e. The number of rotatable bonds is 10. The Hall–Kier alpha value is -0.250. The molecular formula is C14H27NO7P2. The zero-order valence-corrected chi connectivity index (χ0v) is 16.5. The van der Waals surface area contributed by atoms with Gasteiger partial charge in [-0.25, -0.2) is 4.57 Å². The van der Waals surface area contributed by atoms with E-state index in [2.05, 4.69) is 0 Å². The van der Waals surface area contributed by atoms with E-state index in [-0.39, 0.29) is 13.2 Å². The van der Waals surface area contributed by atoms with Gasteiger partial charge in [0.2, 0.25) is 0 Å². The summed E-state index contributed by atoms with van der Waals surface area (Å²) in [4.78, 5) is 0. The molecule has 1 aliphatic carbocycles. The monoisotopic (exact) mass is 383 g/mol. The lowest BCUT2D eigenvalue weighted by Crippen LogP contribution is -2.41. The van der Waals surface area contributed by atoms with Crippen LogP contribution in [0.4, 0.5) is 0 Å². The predicted octanol–water partition coefficient (Wildman–Crippen LogP) is 4.47. The lowest BCUT2D eigenvalue weighted by Gasteiger charge is -2.40. The summed E-state index contributed by atoms with van der Waals surface area (Å²) in [7, 11) is -5.87. The third-order valence-corrected chi connectivity index (χ3v) is 8.14. The number of nitrogens with zero attached hydrogens (tertiary/aromatic N) is 1. The van der Waals surface area contributed by atoms with E-state index in [4.69, 9.17) is 22.6 Å². The van der Waals surface area contributed by atoms with Crippen LogP contribution in [0.25, 0.3) is 0 Å². The quantitative estimate of drug-likeness (QED) is 0.509. The number of hydrogen-bond donors (Lipinski definition) is 0. The zero-order valence-electron chi connectivity index (χ0n) is 14.7. The standard InChI is InChI=1S/C14H27NO7P2/c1-5-20-23(16,21-6-2)14(12-15,13-10-8-7-9-11-13)22-24(17,18-3)19-4/h13H,5-11H2,1-4H3. The summed E-state index contributed by atoms with van der Waals surface area (Å²) >= 11 is 0. The number of phosphoric ester groups is 1. The van der Waals surface area contributed by atoms with Crippen LogP contribution in [0.3, 0.4) is 0 Å². The van der Waals surface area contributed by atoms with Crippen molar-refractivity contribution < 1.29 is 31.7 Å². The van der Waals surface area contributed by atoms with Crippen molar-refractivity contribution in [1.29, 1.82) is 5.26 Å². The lowest BCUT2D eigenvalue weighted by atomic mass is 9.85. The Morgan fingerprint density at radius 1 is 1.04 bits per heavy atom. The summed E-state index contributed by atoms with van der Waals surface area (Å²) in [5, 5.41) is 7.89. The Bertz CT molecular complexity index is 512. The molecule has 24 heavy (non-hydrogen) atoms. The molecule has 0 aromatic carbocycles. The maximum Gasteiger partial charge on any atom is 0.476 e. The Morgan fingerprint density at radius 3 is 1.92 bits per heavy atom. The summed E-state index contributed by atoms with van der Waals surface area (Å²) in [6.07, 6.45) is 3.88. The average Bonchev–Trinajstić information content (AvgIpc) is 2.60. The molecule has 8 nitrogen and oxygen atoms in total. The SMILES string of the molecule is CCOP(=O)(OCC)C(C#N)(OP(=O)(OC)OC)C1CCCCC1. The normalized spacial score (nSPS) is 19.6. The summed E-state index contributed by atoms with van der Waals surface area (Å²) < 4.78 is 51.9. The van der Waals surface area contributed by atoms with E-state index < -0.39 is 26.7 Å². The molecule has 0 spiro atoms. The fourth-order valence-corrected chi connectivity index (χ4v) is 6.40. The van der Waals surface area contributed by atoms with E-state index in [1.165, 1.54) is 0 Å². The van der Waals surface area contributed by atoms with Gasteiger partial charge < -0.3 is 9.05 Å². The molecule has 1 unspecified atom stereocenters. The van der Waals surface area contributed by atoms with Crippen LogP contribution in [0.15, 0.2) is 0 Å². The Morgan fingerprint density at radius 2 is 1.54 bits per heavy atom. The second-order valence-corrected chi connectivity index (χ2v) is 9.36. The molecule has 1 rings (SSSR count). The zero-order chi connectivity index (χ0) is 18.3. The number of nitriles is 1. The molecule has 0 radical (unpaired) electrons.